The lowest BCUT2D eigenvalue weighted by Crippen LogP contribution is -2.04. The molecule has 0 fully saturated rings. The van der Waals surface area contributed by atoms with E-state index in [1.807, 2.05) is 42.5 Å². The molecule has 0 atom stereocenters. The van der Waals surface area contributed by atoms with E-state index in [1.165, 1.54) is 5.39 Å². The molecule has 0 unspecified atom stereocenters. The van der Waals surface area contributed by atoms with Gasteiger partial charge in [0.15, 0.2) is 0 Å². The number of hydrogen-bond donors (Lipinski definition) is 2. The molecule has 0 radical (unpaired) electrons. The van der Waals surface area contributed by atoms with Gasteiger partial charge in [-0.15, -0.1) is 0 Å². The van der Waals surface area contributed by atoms with Crippen LogP contribution >= 0.6 is 0 Å². The van der Waals surface area contributed by atoms with E-state index < -0.39 is 0 Å². The van der Waals surface area contributed by atoms with Crippen molar-refractivity contribution >= 4 is 16.9 Å². The van der Waals surface area contributed by atoms with Crippen molar-refractivity contribution in [3.8, 4) is 17.1 Å². The molecule has 2 N–H and O–H groups in total. The molecule has 0 saturated carbocycles. The van der Waals surface area contributed by atoms with E-state index >= 15 is 0 Å². The maximum atomic E-state index is 5.17. The number of anilines is 1. The molecule has 25 heavy (non-hydrogen) atoms. The number of rotatable bonds is 5. The van der Waals surface area contributed by atoms with Gasteiger partial charge in [0, 0.05) is 23.6 Å². The Kier molecular flexibility index (Phi) is 4.04. The van der Waals surface area contributed by atoms with E-state index in [1.54, 1.807) is 13.3 Å². The van der Waals surface area contributed by atoms with E-state index in [2.05, 4.69) is 38.5 Å². The number of hydrogen-bond acceptors (Lipinski definition) is 4. The van der Waals surface area contributed by atoms with E-state index in [0.29, 0.717) is 12.5 Å². The molecule has 0 aliphatic carbocycles. The summed E-state index contributed by atoms with van der Waals surface area (Å²) < 4.78 is 5.17. The SMILES string of the molecule is COc1ccc(CNc2nccc(-c3cc4ccccc4[nH]3)n2)cc1. The van der Waals surface area contributed by atoms with Crippen LogP contribution in [0.25, 0.3) is 22.3 Å². The van der Waals surface area contributed by atoms with Crippen molar-refractivity contribution in [2.45, 2.75) is 6.54 Å². The summed E-state index contributed by atoms with van der Waals surface area (Å²) in [4.78, 5) is 12.3. The van der Waals surface area contributed by atoms with Gasteiger partial charge in [-0.2, -0.15) is 0 Å². The second-order valence-corrected chi connectivity index (χ2v) is 5.74. The first kappa shape index (κ1) is 15.2. The number of aromatic nitrogens is 3. The number of methoxy groups -OCH3 is 1. The molecular weight excluding hydrogens is 312 g/mol. The van der Waals surface area contributed by atoms with Crippen LogP contribution in [0.2, 0.25) is 0 Å². The standard InChI is InChI=1S/C20H18N4O/c1-25-16-8-6-14(7-9-16)13-22-20-21-11-10-18(24-20)19-12-15-4-2-3-5-17(15)23-19/h2-12,23H,13H2,1H3,(H,21,22,24). The number of benzene rings is 2. The number of aromatic amines is 1. The van der Waals surface area contributed by atoms with Crippen molar-refractivity contribution in [3.05, 3.63) is 72.4 Å². The van der Waals surface area contributed by atoms with Gasteiger partial charge in [0.1, 0.15) is 5.75 Å². The van der Waals surface area contributed by atoms with Crippen molar-refractivity contribution < 1.29 is 4.74 Å². The van der Waals surface area contributed by atoms with Crippen molar-refractivity contribution in [3.63, 3.8) is 0 Å². The van der Waals surface area contributed by atoms with Crippen LogP contribution in [0.5, 0.6) is 5.75 Å². The van der Waals surface area contributed by atoms with Crippen LogP contribution in [-0.4, -0.2) is 22.1 Å². The predicted molar refractivity (Wildman–Crippen MR) is 99.6 cm³/mol. The third-order valence-corrected chi connectivity index (χ3v) is 4.07. The van der Waals surface area contributed by atoms with Gasteiger partial charge in [0.25, 0.3) is 0 Å². The number of nitrogens with zero attached hydrogens (tertiary/aromatic N) is 2. The summed E-state index contributed by atoms with van der Waals surface area (Å²) in [7, 11) is 1.66. The number of nitrogens with one attached hydrogen (secondary N) is 2. The molecule has 2 aromatic carbocycles. The fourth-order valence-electron chi connectivity index (χ4n) is 2.73. The van der Waals surface area contributed by atoms with Gasteiger partial charge in [-0.3, -0.25) is 0 Å². The first-order chi connectivity index (χ1) is 12.3. The van der Waals surface area contributed by atoms with Crippen LogP contribution in [0, 0.1) is 0 Å². The minimum absolute atomic E-state index is 0.604. The van der Waals surface area contributed by atoms with Crippen LogP contribution in [0.1, 0.15) is 5.56 Å². The highest BCUT2D eigenvalue weighted by Crippen LogP contribution is 2.23. The fraction of sp³-hybridized carbons (Fsp3) is 0.100. The lowest BCUT2D eigenvalue weighted by molar-refractivity contribution is 0.414. The zero-order chi connectivity index (χ0) is 17.1. The maximum absolute atomic E-state index is 5.17. The quantitative estimate of drug-likeness (QED) is 0.574. The van der Waals surface area contributed by atoms with Crippen LogP contribution in [0.15, 0.2) is 66.9 Å². The zero-order valence-electron chi connectivity index (χ0n) is 13.9. The van der Waals surface area contributed by atoms with Crippen molar-refractivity contribution in [2.24, 2.45) is 0 Å². The van der Waals surface area contributed by atoms with Gasteiger partial charge in [-0.1, -0.05) is 30.3 Å². The highest BCUT2D eigenvalue weighted by molar-refractivity contribution is 5.85. The second kappa shape index (κ2) is 6.65. The summed E-state index contributed by atoms with van der Waals surface area (Å²) in [6, 6.07) is 20.1. The average molecular weight is 330 g/mol. The van der Waals surface area contributed by atoms with E-state index in [-0.39, 0.29) is 0 Å². The van der Waals surface area contributed by atoms with E-state index in [4.69, 9.17) is 4.74 Å². The first-order valence-corrected chi connectivity index (χ1v) is 8.10. The summed E-state index contributed by atoms with van der Waals surface area (Å²) in [6.45, 7) is 0.653. The largest absolute Gasteiger partial charge is 0.497 e. The number of para-hydroxylation sites is 1. The second-order valence-electron chi connectivity index (χ2n) is 5.74. The molecule has 0 bridgehead atoms. The Bertz CT molecular complexity index is 959. The minimum Gasteiger partial charge on any atom is -0.497 e. The Morgan fingerprint density at radius 2 is 1.88 bits per heavy atom. The molecule has 0 amide bonds. The van der Waals surface area contributed by atoms with Gasteiger partial charge in [-0.05, 0) is 35.9 Å². The summed E-state index contributed by atoms with van der Waals surface area (Å²) in [5.74, 6) is 1.45. The molecule has 124 valence electrons. The Hall–Kier alpha value is -3.34. The molecule has 0 saturated heterocycles. The average Bonchev–Trinajstić information content (AvgIpc) is 3.11. The maximum Gasteiger partial charge on any atom is 0.223 e. The van der Waals surface area contributed by atoms with Crippen LogP contribution in [0.4, 0.5) is 5.95 Å². The minimum atomic E-state index is 0.604. The Labute approximate surface area is 145 Å². The number of fused-ring (bicyclic) bond motifs is 1. The molecule has 0 spiro atoms. The lowest BCUT2D eigenvalue weighted by Gasteiger charge is -2.07. The van der Waals surface area contributed by atoms with Crippen molar-refractivity contribution in [1.82, 2.24) is 15.0 Å². The van der Waals surface area contributed by atoms with E-state index in [0.717, 1.165) is 28.2 Å². The van der Waals surface area contributed by atoms with Gasteiger partial charge < -0.3 is 15.0 Å². The molecule has 0 aliphatic rings. The highest BCUT2D eigenvalue weighted by Gasteiger charge is 2.06. The molecule has 4 aromatic rings. The third kappa shape index (κ3) is 3.30. The monoisotopic (exact) mass is 330 g/mol. The summed E-state index contributed by atoms with van der Waals surface area (Å²) in [5, 5.41) is 4.44. The Morgan fingerprint density at radius 1 is 1.04 bits per heavy atom. The van der Waals surface area contributed by atoms with Gasteiger partial charge in [-0.25, -0.2) is 9.97 Å². The zero-order valence-corrected chi connectivity index (χ0v) is 13.9. The normalized spacial score (nSPS) is 10.8. The van der Waals surface area contributed by atoms with Crippen molar-refractivity contribution in [1.29, 1.82) is 0 Å². The lowest BCUT2D eigenvalue weighted by atomic mass is 10.2. The molecule has 5 nitrogen and oxygen atoms in total. The fourth-order valence-corrected chi connectivity index (χ4v) is 2.73. The molecule has 4 rings (SSSR count). The summed E-state index contributed by atoms with van der Waals surface area (Å²) in [5.41, 5.74) is 4.09. The number of ether oxygens (including phenoxy) is 1. The summed E-state index contributed by atoms with van der Waals surface area (Å²) >= 11 is 0. The highest BCUT2D eigenvalue weighted by atomic mass is 16.5. The smallest absolute Gasteiger partial charge is 0.223 e. The van der Waals surface area contributed by atoms with Crippen LogP contribution in [-0.2, 0) is 6.54 Å². The summed E-state index contributed by atoms with van der Waals surface area (Å²) in [6.07, 6.45) is 1.77. The molecule has 2 heterocycles. The van der Waals surface area contributed by atoms with Crippen molar-refractivity contribution in [2.75, 3.05) is 12.4 Å². The Morgan fingerprint density at radius 3 is 2.68 bits per heavy atom. The molecule has 2 aromatic heterocycles. The molecular formula is C20H18N4O. The van der Waals surface area contributed by atoms with Gasteiger partial charge in [0.2, 0.25) is 5.95 Å². The molecule has 0 aliphatic heterocycles. The van der Waals surface area contributed by atoms with E-state index in [9.17, 15) is 0 Å². The van der Waals surface area contributed by atoms with Gasteiger partial charge in [0.05, 0.1) is 18.5 Å². The first-order valence-electron chi connectivity index (χ1n) is 8.10. The van der Waals surface area contributed by atoms with Gasteiger partial charge >= 0.3 is 0 Å². The molecule has 5 heteroatoms. The van der Waals surface area contributed by atoms with Crippen LogP contribution < -0.4 is 10.1 Å². The predicted octanol–water partition coefficient (Wildman–Crippen LogP) is 4.25. The third-order valence-electron chi connectivity index (χ3n) is 4.07. The van der Waals surface area contributed by atoms with Crippen LogP contribution in [0.3, 0.4) is 0 Å². The topological polar surface area (TPSA) is 62.8 Å². The number of H-pyrrole nitrogens is 1. The Balaban J connectivity index is 1.52.